The molecule has 0 aliphatic carbocycles. The number of carboxylic acid groups (broad SMARTS) is 1. The van der Waals surface area contributed by atoms with E-state index in [0.717, 1.165) is 24.2 Å². The minimum atomic E-state index is -0.761. The first-order valence-corrected chi connectivity index (χ1v) is 7.41. The van der Waals surface area contributed by atoms with Crippen LogP contribution in [0.25, 0.3) is 0 Å². The number of aliphatic carboxylic acids is 1. The summed E-state index contributed by atoms with van der Waals surface area (Å²) in [4.78, 5) is 24.0. The fourth-order valence-corrected chi connectivity index (χ4v) is 2.45. The van der Waals surface area contributed by atoms with Crippen LogP contribution in [0.5, 0.6) is 0 Å². The largest absolute Gasteiger partial charge is 0.481 e. The zero-order valence-electron chi connectivity index (χ0n) is 12.3. The van der Waals surface area contributed by atoms with Gasteiger partial charge in [-0.2, -0.15) is 0 Å². The van der Waals surface area contributed by atoms with E-state index in [2.05, 4.69) is 5.32 Å². The van der Waals surface area contributed by atoms with Gasteiger partial charge in [-0.15, -0.1) is 0 Å². The Bertz CT molecular complexity index is 499. The van der Waals surface area contributed by atoms with Gasteiger partial charge in [-0.1, -0.05) is 12.1 Å². The lowest BCUT2D eigenvalue weighted by Gasteiger charge is -2.17. The van der Waals surface area contributed by atoms with Crippen LogP contribution in [-0.4, -0.2) is 29.6 Å². The Balaban J connectivity index is 1.82. The number of carbonyl (C=O) groups is 2. The average molecular weight is 290 g/mol. The van der Waals surface area contributed by atoms with Crippen molar-refractivity contribution in [3.63, 3.8) is 0 Å². The summed E-state index contributed by atoms with van der Waals surface area (Å²) < 4.78 is 0. The predicted octanol–water partition coefficient (Wildman–Crippen LogP) is 2.16. The lowest BCUT2D eigenvalue weighted by Crippen LogP contribution is -2.26. The minimum Gasteiger partial charge on any atom is -0.481 e. The van der Waals surface area contributed by atoms with Gasteiger partial charge in [0.1, 0.15) is 0 Å². The highest BCUT2D eigenvalue weighted by molar-refractivity contribution is 5.95. The van der Waals surface area contributed by atoms with Gasteiger partial charge >= 0.3 is 5.97 Å². The third-order valence-electron chi connectivity index (χ3n) is 3.77. The molecular weight excluding hydrogens is 268 g/mol. The minimum absolute atomic E-state index is 0.168. The van der Waals surface area contributed by atoms with Gasteiger partial charge in [0, 0.05) is 37.7 Å². The molecule has 1 heterocycles. The molecule has 1 aliphatic heterocycles. The van der Waals surface area contributed by atoms with E-state index in [4.69, 9.17) is 5.11 Å². The van der Waals surface area contributed by atoms with E-state index in [9.17, 15) is 9.59 Å². The summed E-state index contributed by atoms with van der Waals surface area (Å²) in [6.07, 6.45) is 2.38. The van der Waals surface area contributed by atoms with Crippen molar-refractivity contribution >= 4 is 17.6 Å². The van der Waals surface area contributed by atoms with E-state index in [-0.39, 0.29) is 18.4 Å². The highest BCUT2D eigenvalue weighted by Gasteiger charge is 2.21. The maximum Gasteiger partial charge on any atom is 0.303 e. The number of hydrogen-bond acceptors (Lipinski definition) is 3. The van der Waals surface area contributed by atoms with E-state index in [1.807, 2.05) is 36.1 Å². The number of hydrogen-bond donors (Lipinski definition) is 2. The first kappa shape index (κ1) is 15.5. The molecule has 1 aliphatic rings. The third-order valence-corrected chi connectivity index (χ3v) is 3.77. The summed E-state index contributed by atoms with van der Waals surface area (Å²) in [7, 11) is 0. The van der Waals surface area contributed by atoms with Crippen LogP contribution in [0.2, 0.25) is 0 Å². The molecule has 1 aromatic rings. The molecule has 1 saturated heterocycles. The molecule has 5 nitrogen and oxygen atoms in total. The average Bonchev–Trinajstić information content (AvgIpc) is 2.89. The second-order valence-corrected chi connectivity index (χ2v) is 5.53. The lowest BCUT2D eigenvalue weighted by atomic mass is 10.1. The molecule has 0 spiro atoms. The van der Waals surface area contributed by atoms with Gasteiger partial charge in [-0.05, 0) is 37.5 Å². The molecule has 114 valence electrons. The Hall–Kier alpha value is -1.88. The molecule has 1 fully saturated rings. The number of amides is 1. The van der Waals surface area contributed by atoms with E-state index < -0.39 is 5.97 Å². The van der Waals surface area contributed by atoms with Crippen molar-refractivity contribution < 1.29 is 14.7 Å². The number of anilines is 1. The van der Waals surface area contributed by atoms with Crippen molar-refractivity contribution in [2.45, 2.75) is 45.2 Å². The van der Waals surface area contributed by atoms with Gasteiger partial charge in [0.25, 0.3) is 0 Å². The predicted molar refractivity (Wildman–Crippen MR) is 81.2 cm³/mol. The number of rotatable bonds is 7. The van der Waals surface area contributed by atoms with Crippen LogP contribution in [0.4, 0.5) is 5.69 Å². The standard InChI is InChI=1S/C16H22N2O3/c1-12(4-9-16(20)21)17-11-13-5-7-14(8-6-13)18-10-2-3-15(18)19/h5-8,12,17H,2-4,9-11H2,1H3,(H,20,21). The summed E-state index contributed by atoms with van der Waals surface area (Å²) >= 11 is 0. The van der Waals surface area contributed by atoms with E-state index in [1.165, 1.54) is 0 Å². The van der Waals surface area contributed by atoms with Crippen LogP contribution in [0.15, 0.2) is 24.3 Å². The van der Waals surface area contributed by atoms with E-state index in [0.29, 0.717) is 19.4 Å². The van der Waals surface area contributed by atoms with Crippen LogP contribution in [0, 0.1) is 0 Å². The maximum absolute atomic E-state index is 11.7. The molecule has 2 rings (SSSR count). The van der Waals surface area contributed by atoms with Crippen molar-refractivity contribution in [2.75, 3.05) is 11.4 Å². The molecule has 0 saturated carbocycles. The highest BCUT2D eigenvalue weighted by atomic mass is 16.4. The quantitative estimate of drug-likeness (QED) is 0.807. The topological polar surface area (TPSA) is 69.6 Å². The first-order valence-electron chi connectivity index (χ1n) is 7.41. The summed E-state index contributed by atoms with van der Waals surface area (Å²) in [5, 5.41) is 12.0. The molecule has 1 unspecified atom stereocenters. The summed E-state index contributed by atoms with van der Waals surface area (Å²) in [6.45, 7) is 3.50. The molecule has 21 heavy (non-hydrogen) atoms. The normalized spacial score (nSPS) is 16.2. The second-order valence-electron chi connectivity index (χ2n) is 5.53. The Labute approximate surface area is 125 Å². The Kier molecular flexibility index (Phi) is 5.33. The van der Waals surface area contributed by atoms with Gasteiger partial charge < -0.3 is 15.3 Å². The van der Waals surface area contributed by atoms with Crippen LogP contribution in [-0.2, 0) is 16.1 Å². The number of carbonyl (C=O) groups excluding carboxylic acids is 1. The number of benzene rings is 1. The van der Waals surface area contributed by atoms with E-state index in [1.54, 1.807) is 0 Å². The molecule has 0 bridgehead atoms. The Morgan fingerprint density at radius 1 is 1.38 bits per heavy atom. The van der Waals surface area contributed by atoms with Crippen LogP contribution in [0.3, 0.4) is 0 Å². The van der Waals surface area contributed by atoms with Gasteiger partial charge in [0.15, 0.2) is 0 Å². The van der Waals surface area contributed by atoms with Gasteiger partial charge in [-0.25, -0.2) is 0 Å². The SMILES string of the molecule is CC(CCC(=O)O)NCc1ccc(N2CCCC2=O)cc1. The van der Waals surface area contributed by atoms with Crippen molar-refractivity contribution in [2.24, 2.45) is 0 Å². The highest BCUT2D eigenvalue weighted by Crippen LogP contribution is 2.21. The van der Waals surface area contributed by atoms with Gasteiger partial charge in [0.05, 0.1) is 0 Å². The molecular formula is C16H22N2O3. The number of carboxylic acids is 1. The molecule has 1 atom stereocenters. The summed E-state index contributed by atoms with van der Waals surface area (Å²) in [6, 6.07) is 8.14. The molecule has 1 amide bonds. The smallest absolute Gasteiger partial charge is 0.303 e. The fourth-order valence-electron chi connectivity index (χ4n) is 2.45. The Morgan fingerprint density at radius 3 is 2.67 bits per heavy atom. The fraction of sp³-hybridized carbons (Fsp3) is 0.500. The Morgan fingerprint density at radius 2 is 2.10 bits per heavy atom. The second kappa shape index (κ2) is 7.22. The zero-order chi connectivity index (χ0) is 15.2. The first-order chi connectivity index (χ1) is 10.1. The van der Waals surface area contributed by atoms with Gasteiger partial charge in [0.2, 0.25) is 5.91 Å². The van der Waals surface area contributed by atoms with Crippen molar-refractivity contribution in [3.8, 4) is 0 Å². The maximum atomic E-state index is 11.7. The number of nitrogens with one attached hydrogen (secondary N) is 1. The van der Waals surface area contributed by atoms with Crippen molar-refractivity contribution in [1.29, 1.82) is 0 Å². The molecule has 0 aromatic heterocycles. The zero-order valence-corrected chi connectivity index (χ0v) is 12.3. The molecule has 1 aromatic carbocycles. The monoisotopic (exact) mass is 290 g/mol. The summed E-state index contributed by atoms with van der Waals surface area (Å²) in [5.41, 5.74) is 2.09. The van der Waals surface area contributed by atoms with Crippen LogP contribution >= 0.6 is 0 Å². The molecule has 0 radical (unpaired) electrons. The summed E-state index contributed by atoms with van der Waals surface area (Å²) in [5.74, 6) is -0.563. The van der Waals surface area contributed by atoms with Crippen LogP contribution < -0.4 is 10.2 Å². The number of nitrogens with zero attached hydrogens (tertiary/aromatic N) is 1. The van der Waals surface area contributed by atoms with E-state index >= 15 is 0 Å². The van der Waals surface area contributed by atoms with Crippen molar-refractivity contribution in [1.82, 2.24) is 5.32 Å². The van der Waals surface area contributed by atoms with Gasteiger partial charge in [-0.3, -0.25) is 9.59 Å². The molecule has 5 heteroatoms. The van der Waals surface area contributed by atoms with Crippen LogP contribution in [0.1, 0.15) is 38.2 Å². The lowest BCUT2D eigenvalue weighted by molar-refractivity contribution is -0.137. The molecule has 2 N–H and O–H groups in total. The van der Waals surface area contributed by atoms with Crippen molar-refractivity contribution in [3.05, 3.63) is 29.8 Å². The third kappa shape index (κ3) is 4.56.